The zero-order valence-corrected chi connectivity index (χ0v) is 11.3. The molecule has 2 aromatic rings. The lowest BCUT2D eigenvalue weighted by Gasteiger charge is -2.21. The summed E-state index contributed by atoms with van der Waals surface area (Å²) in [5, 5.41) is 11.8. The molecule has 1 aliphatic carbocycles. The molecule has 6 heteroatoms. The maximum absolute atomic E-state index is 13.6. The number of nitrogen functional groups attached to an aromatic ring is 1. The van der Waals surface area contributed by atoms with Crippen LogP contribution in [0.15, 0.2) is 18.2 Å². The van der Waals surface area contributed by atoms with Crippen LogP contribution in [0.1, 0.15) is 32.1 Å². The summed E-state index contributed by atoms with van der Waals surface area (Å²) in [6.07, 6.45) is 6.31. The number of anilines is 1. The van der Waals surface area contributed by atoms with Crippen molar-refractivity contribution in [3.8, 4) is 11.4 Å². The van der Waals surface area contributed by atoms with Crippen LogP contribution in [0.25, 0.3) is 11.4 Å². The maximum atomic E-state index is 13.6. The van der Waals surface area contributed by atoms with Gasteiger partial charge >= 0.3 is 0 Å². The van der Waals surface area contributed by atoms with Crippen LogP contribution in [0.5, 0.6) is 0 Å². The largest absolute Gasteiger partial charge is 0.396 e. The van der Waals surface area contributed by atoms with E-state index in [0.29, 0.717) is 17.3 Å². The van der Waals surface area contributed by atoms with Gasteiger partial charge in [0.15, 0.2) is 5.82 Å². The molecule has 0 saturated heterocycles. The van der Waals surface area contributed by atoms with E-state index in [0.717, 1.165) is 6.54 Å². The van der Waals surface area contributed by atoms with E-state index in [9.17, 15) is 4.39 Å². The second-order valence-corrected chi connectivity index (χ2v) is 5.42. The number of aromatic nitrogens is 4. The second kappa shape index (κ2) is 5.56. The van der Waals surface area contributed by atoms with Gasteiger partial charge in [-0.25, -0.2) is 9.07 Å². The Balaban J connectivity index is 1.83. The summed E-state index contributed by atoms with van der Waals surface area (Å²) in [5.74, 6) is 0.786. The molecular formula is C14H18FN5. The molecule has 3 rings (SSSR count). The molecule has 1 aromatic heterocycles. The Morgan fingerprint density at radius 3 is 2.80 bits per heavy atom. The molecule has 1 saturated carbocycles. The van der Waals surface area contributed by atoms with Crippen molar-refractivity contribution in [2.75, 3.05) is 5.73 Å². The van der Waals surface area contributed by atoms with E-state index in [1.165, 1.54) is 38.2 Å². The zero-order valence-electron chi connectivity index (χ0n) is 11.3. The first-order valence-corrected chi connectivity index (χ1v) is 7.05. The Morgan fingerprint density at radius 2 is 2.05 bits per heavy atom. The number of halogens is 1. The van der Waals surface area contributed by atoms with E-state index in [-0.39, 0.29) is 5.69 Å². The molecule has 0 spiro atoms. The minimum Gasteiger partial charge on any atom is -0.396 e. The maximum Gasteiger partial charge on any atom is 0.182 e. The Hall–Kier alpha value is -1.98. The van der Waals surface area contributed by atoms with E-state index in [4.69, 9.17) is 5.73 Å². The van der Waals surface area contributed by atoms with Gasteiger partial charge in [0, 0.05) is 12.1 Å². The lowest BCUT2D eigenvalue weighted by molar-refractivity contribution is 0.307. The summed E-state index contributed by atoms with van der Waals surface area (Å²) >= 11 is 0. The summed E-state index contributed by atoms with van der Waals surface area (Å²) in [4.78, 5) is 0. The fraction of sp³-hybridized carbons (Fsp3) is 0.500. The van der Waals surface area contributed by atoms with Gasteiger partial charge in [0.2, 0.25) is 0 Å². The molecule has 1 aliphatic rings. The van der Waals surface area contributed by atoms with E-state index in [1.807, 2.05) is 0 Å². The first-order chi connectivity index (χ1) is 9.74. The molecule has 0 atom stereocenters. The van der Waals surface area contributed by atoms with Crippen molar-refractivity contribution in [1.82, 2.24) is 20.2 Å². The summed E-state index contributed by atoms with van der Waals surface area (Å²) in [6.45, 7) is 0.800. The summed E-state index contributed by atoms with van der Waals surface area (Å²) in [6, 6.07) is 4.68. The number of rotatable bonds is 3. The lowest BCUT2D eigenvalue weighted by atomic mass is 9.89. The van der Waals surface area contributed by atoms with Crippen LogP contribution in [-0.4, -0.2) is 20.2 Å². The Bertz CT molecular complexity index is 589. The van der Waals surface area contributed by atoms with Gasteiger partial charge in [-0.15, -0.1) is 5.10 Å². The van der Waals surface area contributed by atoms with E-state index in [1.54, 1.807) is 16.8 Å². The van der Waals surface area contributed by atoms with Crippen molar-refractivity contribution in [1.29, 1.82) is 0 Å². The average Bonchev–Trinajstić information content (AvgIpc) is 2.91. The molecule has 0 unspecified atom stereocenters. The highest BCUT2D eigenvalue weighted by Gasteiger charge is 2.18. The Labute approximate surface area is 117 Å². The van der Waals surface area contributed by atoms with E-state index < -0.39 is 5.82 Å². The Kier molecular flexibility index (Phi) is 3.62. The normalized spacial score (nSPS) is 16.4. The van der Waals surface area contributed by atoms with Gasteiger partial charge in [-0.05, 0) is 47.4 Å². The van der Waals surface area contributed by atoms with Crippen LogP contribution < -0.4 is 5.73 Å². The molecule has 1 heterocycles. The van der Waals surface area contributed by atoms with Gasteiger partial charge in [-0.1, -0.05) is 19.3 Å². The zero-order chi connectivity index (χ0) is 13.9. The number of benzene rings is 1. The number of nitrogens with two attached hydrogens (primary N) is 1. The number of tetrazole rings is 1. The van der Waals surface area contributed by atoms with Crippen molar-refractivity contribution >= 4 is 5.69 Å². The van der Waals surface area contributed by atoms with Gasteiger partial charge in [0.1, 0.15) is 5.82 Å². The average molecular weight is 275 g/mol. The number of hydrogen-bond donors (Lipinski definition) is 1. The molecule has 1 fully saturated rings. The highest BCUT2D eigenvalue weighted by molar-refractivity contribution is 5.59. The van der Waals surface area contributed by atoms with E-state index >= 15 is 0 Å². The third-order valence-electron chi connectivity index (χ3n) is 3.95. The molecule has 0 aliphatic heterocycles. The molecule has 1 aromatic carbocycles. The van der Waals surface area contributed by atoms with E-state index in [2.05, 4.69) is 15.5 Å². The van der Waals surface area contributed by atoms with Crippen molar-refractivity contribution in [2.24, 2.45) is 5.92 Å². The highest BCUT2D eigenvalue weighted by atomic mass is 19.1. The lowest BCUT2D eigenvalue weighted by Crippen LogP contribution is -2.16. The molecule has 0 bridgehead atoms. The van der Waals surface area contributed by atoms with Crippen LogP contribution >= 0.6 is 0 Å². The van der Waals surface area contributed by atoms with Crippen molar-refractivity contribution < 1.29 is 4.39 Å². The van der Waals surface area contributed by atoms with Gasteiger partial charge in [0.05, 0.1) is 5.69 Å². The van der Waals surface area contributed by atoms with Gasteiger partial charge in [0.25, 0.3) is 0 Å². The summed E-state index contributed by atoms with van der Waals surface area (Å²) in [5.41, 5.74) is 6.30. The van der Waals surface area contributed by atoms with Crippen LogP contribution in [-0.2, 0) is 6.54 Å². The van der Waals surface area contributed by atoms with Crippen LogP contribution in [0.4, 0.5) is 10.1 Å². The highest BCUT2D eigenvalue weighted by Crippen LogP contribution is 2.27. The quantitative estimate of drug-likeness (QED) is 0.874. The van der Waals surface area contributed by atoms with Crippen LogP contribution in [0.2, 0.25) is 0 Å². The van der Waals surface area contributed by atoms with Crippen LogP contribution in [0, 0.1) is 11.7 Å². The first-order valence-electron chi connectivity index (χ1n) is 7.05. The molecule has 0 radical (unpaired) electrons. The molecule has 2 N–H and O–H groups in total. The summed E-state index contributed by atoms with van der Waals surface area (Å²) < 4.78 is 15.3. The molecular weight excluding hydrogens is 257 g/mol. The number of hydrogen-bond acceptors (Lipinski definition) is 4. The minimum absolute atomic E-state index is 0.139. The fourth-order valence-electron chi connectivity index (χ4n) is 2.81. The van der Waals surface area contributed by atoms with Crippen LogP contribution in [0.3, 0.4) is 0 Å². The molecule has 20 heavy (non-hydrogen) atoms. The smallest absolute Gasteiger partial charge is 0.182 e. The van der Waals surface area contributed by atoms with Crippen molar-refractivity contribution in [2.45, 2.75) is 38.6 Å². The SMILES string of the molecule is Nc1ccc(-c2nnnn2CC2CCCCC2)cc1F. The van der Waals surface area contributed by atoms with Gasteiger partial charge < -0.3 is 5.73 Å². The van der Waals surface area contributed by atoms with Gasteiger partial charge in [-0.3, -0.25) is 0 Å². The molecule has 0 amide bonds. The fourth-order valence-corrected chi connectivity index (χ4v) is 2.81. The predicted molar refractivity (Wildman–Crippen MR) is 74.2 cm³/mol. The monoisotopic (exact) mass is 275 g/mol. The predicted octanol–water partition coefficient (Wildman–Crippen LogP) is 2.64. The molecule has 106 valence electrons. The van der Waals surface area contributed by atoms with Crippen molar-refractivity contribution in [3.63, 3.8) is 0 Å². The Morgan fingerprint density at radius 1 is 1.25 bits per heavy atom. The third kappa shape index (κ3) is 2.64. The topological polar surface area (TPSA) is 69.6 Å². The summed E-state index contributed by atoms with van der Waals surface area (Å²) in [7, 11) is 0. The second-order valence-electron chi connectivity index (χ2n) is 5.42. The number of nitrogens with zero attached hydrogens (tertiary/aromatic N) is 4. The minimum atomic E-state index is -0.435. The third-order valence-corrected chi connectivity index (χ3v) is 3.95. The standard InChI is InChI=1S/C14H18FN5/c15-12-8-11(6-7-13(12)16)14-17-18-19-20(14)9-10-4-2-1-3-5-10/h6-8,10H,1-5,9,16H2. The first kappa shape index (κ1) is 13.0. The van der Waals surface area contributed by atoms with Crippen molar-refractivity contribution in [3.05, 3.63) is 24.0 Å². The van der Waals surface area contributed by atoms with Gasteiger partial charge in [-0.2, -0.15) is 0 Å². The molecule has 5 nitrogen and oxygen atoms in total.